The minimum atomic E-state index is -4.32. The van der Waals surface area contributed by atoms with Crippen molar-refractivity contribution in [2.45, 2.75) is 32.0 Å². The van der Waals surface area contributed by atoms with Crippen LogP contribution >= 0.6 is 0 Å². The molecule has 0 aliphatic carbocycles. The Hall–Kier alpha value is -1.82. The Balaban J connectivity index is 2.23. The number of hydrogen-bond acceptors (Lipinski definition) is 2. The van der Waals surface area contributed by atoms with Gasteiger partial charge in [0.1, 0.15) is 5.82 Å². The highest BCUT2D eigenvalue weighted by atomic mass is 19.4. The zero-order chi connectivity index (χ0) is 15.3. The van der Waals surface area contributed by atoms with Crippen molar-refractivity contribution in [1.29, 1.82) is 0 Å². The van der Waals surface area contributed by atoms with E-state index in [1.807, 2.05) is 6.92 Å². The van der Waals surface area contributed by atoms with Crippen molar-refractivity contribution in [2.75, 3.05) is 6.54 Å². The van der Waals surface area contributed by atoms with Crippen LogP contribution in [0, 0.1) is 0 Å². The van der Waals surface area contributed by atoms with Crippen LogP contribution in [0.1, 0.15) is 36.3 Å². The van der Waals surface area contributed by atoms with Crippen LogP contribution in [-0.4, -0.2) is 16.5 Å². The lowest BCUT2D eigenvalue weighted by molar-refractivity contribution is -0.137. The second-order valence-electron chi connectivity index (χ2n) is 4.87. The van der Waals surface area contributed by atoms with E-state index >= 15 is 0 Å². The van der Waals surface area contributed by atoms with Gasteiger partial charge in [0.25, 0.3) is 0 Å². The maximum atomic E-state index is 12.8. The van der Waals surface area contributed by atoms with Crippen molar-refractivity contribution >= 4 is 0 Å². The smallest absolute Gasteiger partial charge is 0.349 e. The molecule has 1 atom stereocenters. The van der Waals surface area contributed by atoms with Gasteiger partial charge in [-0.25, -0.2) is 4.98 Å². The molecule has 2 rings (SSSR count). The molecule has 1 unspecified atom stereocenters. The number of rotatable bonds is 6. The predicted molar refractivity (Wildman–Crippen MR) is 74.8 cm³/mol. The molecule has 1 heterocycles. The molecule has 2 N–H and O–H groups in total. The Labute approximate surface area is 121 Å². The fourth-order valence-electron chi connectivity index (χ4n) is 2.16. The topological polar surface area (TPSA) is 40.7 Å². The number of aromatic nitrogens is 2. The number of alkyl halides is 3. The lowest BCUT2D eigenvalue weighted by Gasteiger charge is -2.19. The highest BCUT2D eigenvalue weighted by Crippen LogP contribution is 2.31. The number of imidazole rings is 1. The first-order valence-electron chi connectivity index (χ1n) is 6.89. The number of aromatic amines is 1. The molecule has 0 bridgehead atoms. The predicted octanol–water partition coefficient (Wildman–Crippen LogP) is 3.71. The summed E-state index contributed by atoms with van der Waals surface area (Å²) in [5.74, 6) is 0.751. The van der Waals surface area contributed by atoms with Crippen LogP contribution in [0.25, 0.3) is 0 Å². The third-order valence-electron chi connectivity index (χ3n) is 3.21. The summed E-state index contributed by atoms with van der Waals surface area (Å²) in [5, 5.41) is 3.28. The molecule has 3 nitrogen and oxygen atoms in total. The maximum Gasteiger partial charge on any atom is 0.416 e. The van der Waals surface area contributed by atoms with Crippen LogP contribution in [0.4, 0.5) is 13.2 Å². The molecule has 0 amide bonds. The Morgan fingerprint density at radius 2 is 2.14 bits per heavy atom. The van der Waals surface area contributed by atoms with E-state index in [0.29, 0.717) is 12.0 Å². The van der Waals surface area contributed by atoms with E-state index in [9.17, 15) is 13.2 Å². The average molecular weight is 297 g/mol. The van der Waals surface area contributed by atoms with Gasteiger partial charge in [-0.3, -0.25) is 0 Å². The quantitative estimate of drug-likeness (QED) is 0.853. The Morgan fingerprint density at radius 1 is 1.33 bits per heavy atom. The summed E-state index contributed by atoms with van der Waals surface area (Å²) in [6, 6.07) is 5.26. The standard InChI is InChI=1S/C15H18F3N3/c1-2-6-19-13(10-14-20-7-8-21-14)11-4-3-5-12(9-11)15(16,17)18/h3-5,7-9,13,19H,2,6,10H2,1H3,(H,20,21). The van der Waals surface area contributed by atoms with E-state index in [1.54, 1.807) is 18.5 Å². The summed E-state index contributed by atoms with van der Waals surface area (Å²) in [7, 11) is 0. The molecule has 1 aromatic heterocycles. The molecule has 6 heteroatoms. The SMILES string of the molecule is CCCNC(Cc1ncc[nH]1)c1cccc(C(F)(F)F)c1. The van der Waals surface area contributed by atoms with Crippen molar-refractivity contribution < 1.29 is 13.2 Å². The number of nitrogens with zero attached hydrogens (tertiary/aromatic N) is 1. The van der Waals surface area contributed by atoms with Crippen LogP contribution < -0.4 is 5.32 Å². The largest absolute Gasteiger partial charge is 0.416 e. The number of H-pyrrole nitrogens is 1. The van der Waals surface area contributed by atoms with Crippen LogP contribution in [0.5, 0.6) is 0 Å². The molecular weight excluding hydrogens is 279 g/mol. The van der Waals surface area contributed by atoms with Gasteiger partial charge < -0.3 is 10.3 Å². The number of hydrogen-bond donors (Lipinski definition) is 2. The molecule has 21 heavy (non-hydrogen) atoms. The first kappa shape index (κ1) is 15.6. The Kier molecular flexibility index (Phi) is 5.01. The van der Waals surface area contributed by atoms with Gasteiger partial charge in [0.2, 0.25) is 0 Å². The van der Waals surface area contributed by atoms with Gasteiger partial charge >= 0.3 is 6.18 Å². The molecular formula is C15H18F3N3. The zero-order valence-electron chi connectivity index (χ0n) is 11.7. The summed E-state index contributed by atoms with van der Waals surface area (Å²) in [5.41, 5.74) is -0.00239. The second-order valence-corrected chi connectivity index (χ2v) is 4.87. The highest BCUT2D eigenvalue weighted by Gasteiger charge is 2.31. The number of halogens is 3. The molecule has 0 fully saturated rings. The molecule has 114 valence electrons. The van der Waals surface area contributed by atoms with E-state index < -0.39 is 11.7 Å². The third kappa shape index (κ3) is 4.32. The van der Waals surface area contributed by atoms with Crippen LogP contribution in [0.3, 0.4) is 0 Å². The summed E-state index contributed by atoms with van der Waals surface area (Å²) in [6.45, 7) is 2.75. The minimum absolute atomic E-state index is 0.196. The van der Waals surface area contributed by atoms with Gasteiger partial charge in [-0.05, 0) is 30.7 Å². The van der Waals surface area contributed by atoms with Crippen molar-refractivity contribution in [3.05, 3.63) is 53.6 Å². The first-order valence-corrected chi connectivity index (χ1v) is 6.89. The summed E-state index contributed by atoms with van der Waals surface area (Å²) in [6.07, 6.45) is 0.453. The van der Waals surface area contributed by atoms with E-state index in [-0.39, 0.29) is 6.04 Å². The third-order valence-corrected chi connectivity index (χ3v) is 3.21. The molecule has 0 saturated heterocycles. The summed E-state index contributed by atoms with van der Waals surface area (Å²) in [4.78, 5) is 7.13. The number of nitrogens with one attached hydrogen (secondary N) is 2. The molecule has 0 saturated carbocycles. The summed E-state index contributed by atoms with van der Waals surface area (Å²) < 4.78 is 38.5. The first-order chi connectivity index (χ1) is 10.0. The number of benzene rings is 1. The van der Waals surface area contributed by atoms with E-state index in [4.69, 9.17) is 0 Å². The highest BCUT2D eigenvalue weighted by molar-refractivity contribution is 5.28. The molecule has 0 radical (unpaired) electrons. The minimum Gasteiger partial charge on any atom is -0.349 e. The monoisotopic (exact) mass is 297 g/mol. The van der Waals surface area contributed by atoms with Gasteiger partial charge in [-0.1, -0.05) is 19.1 Å². The van der Waals surface area contributed by atoms with Gasteiger partial charge in [0.15, 0.2) is 0 Å². The van der Waals surface area contributed by atoms with Gasteiger partial charge in [0.05, 0.1) is 5.56 Å². The van der Waals surface area contributed by atoms with Crippen molar-refractivity contribution in [1.82, 2.24) is 15.3 Å². The van der Waals surface area contributed by atoms with Gasteiger partial charge in [-0.2, -0.15) is 13.2 Å². The zero-order valence-corrected chi connectivity index (χ0v) is 11.7. The fourth-order valence-corrected chi connectivity index (χ4v) is 2.16. The Bertz CT molecular complexity index is 550. The fraction of sp³-hybridized carbons (Fsp3) is 0.400. The average Bonchev–Trinajstić information content (AvgIpc) is 2.95. The molecule has 0 aliphatic rings. The van der Waals surface area contributed by atoms with E-state index in [1.165, 1.54) is 12.1 Å². The summed E-state index contributed by atoms with van der Waals surface area (Å²) >= 11 is 0. The molecule has 0 aliphatic heterocycles. The van der Waals surface area contributed by atoms with Crippen LogP contribution in [0.2, 0.25) is 0 Å². The molecule has 2 aromatic rings. The van der Waals surface area contributed by atoms with Crippen LogP contribution in [-0.2, 0) is 12.6 Å². The Morgan fingerprint density at radius 3 is 2.76 bits per heavy atom. The van der Waals surface area contributed by atoms with Gasteiger partial charge in [0, 0.05) is 24.9 Å². The second kappa shape index (κ2) is 6.76. The van der Waals surface area contributed by atoms with E-state index in [0.717, 1.165) is 24.9 Å². The van der Waals surface area contributed by atoms with E-state index in [2.05, 4.69) is 15.3 Å². The lowest BCUT2D eigenvalue weighted by atomic mass is 10.0. The molecule has 0 spiro atoms. The van der Waals surface area contributed by atoms with Gasteiger partial charge in [-0.15, -0.1) is 0 Å². The normalized spacial score (nSPS) is 13.3. The molecule has 1 aromatic carbocycles. The van der Waals surface area contributed by atoms with Crippen molar-refractivity contribution in [2.24, 2.45) is 0 Å². The van der Waals surface area contributed by atoms with Crippen molar-refractivity contribution in [3.8, 4) is 0 Å². The van der Waals surface area contributed by atoms with Crippen molar-refractivity contribution in [3.63, 3.8) is 0 Å². The van der Waals surface area contributed by atoms with Crippen LogP contribution in [0.15, 0.2) is 36.7 Å². The maximum absolute atomic E-state index is 12.8. The lowest BCUT2D eigenvalue weighted by Crippen LogP contribution is -2.25.